The second-order valence-corrected chi connectivity index (χ2v) is 7.26. The van der Waals surface area contributed by atoms with Crippen LogP contribution < -0.4 is 5.73 Å². The minimum absolute atomic E-state index is 0.406. The number of nitrogens with zero attached hydrogens (tertiary/aromatic N) is 1. The van der Waals surface area contributed by atoms with Crippen molar-refractivity contribution in [1.82, 2.24) is 4.90 Å². The highest BCUT2D eigenvalue weighted by Gasteiger charge is 2.22. The summed E-state index contributed by atoms with van der Waals surface area (Å²) in [5, 5.41) is 9.61. The van der Waals surface area contributed by atoms with Crippen LogP contribution in [0.15, 0.2) is 18.2 Å². The Morgan fingerprint density at radius 2 is 1.67 bits per heavy atom. The second kappa shape index (κ2) is 10.0. The first kappa shape index (κ1) is 19.3. The van der Waals surface area contributed by atoms with Gasteiger partial charge in [-0.15, -0.1) is 0 Å². The van der Waals surface area contributed by atoms with E-state index in [1.54, 1.807) is 0 Å². The molecule has 1 unspecified atom stereocenters. The van der Waals surface area contributed by atoms with Gasteiger partial charge in [-0.3, -0.25) is 4.90 Å². The zero-order valence-electron chi connectivity index (χ0n) is 15.6. The molecular weight excluding hydrogens is 296 g/mol. The standard InChI is InChI=1S/C15H23NO.C6H13N/c1-3-16(4-2)15-8-6-5-7-12-11-13(17)9-10-14(12)15;7-6-4-2-1-3-5-6/h9-11,15,17H,3-8H2,1-2H3;6H,1-5,7H2. The molecule has 136 valence electrons. The first-order valence-electron chi connectivity index (χ1n) is 9.97. The van der Waals surface area contributed by atoms with Crippen molar-refractivity contribution in [2.24, 2.45) is 5.73 Å². The molecule has 0 saturated heterocycles. The third-order valence-electron chi connectivity index (χ3n) is 5.56. The molecule has 0 heterocycles. The van der Waals surface area contributed by atoms with E-state index >= 15 is 0 Å². The van der Waals surface area contributed by atoms with Gasteiger partial charge in [-0.1, -0.05) is 45.6 Å². The molecule has 2 aliphatic rings. The molecule has 1 fully saturated rings. The molecule has 24 heavy (non-hydrogen) atoms. The van der Waals surface area contributed by atoms with E-state index in [0.29, 0.717) is 17.8 Å². The molecule has 2 aliphatic carbocycles. The average molecular weight is 333 g/mol. The number of rotatable bonds is 3. The van der Waals surface area contributed by atoms with Crippen molar-refractivity contribution >= 4 is 0 Å². The van der Waals surface area contributed by atoms with Gasteiger partial charge in [-0.25, -0.2) is 0 Å². The van der Waals surface area contributed by atoms with E-state index in [0.717, 1.165) is 19.5 Å². The molecule has 3 rings (SSSR count). The van der Waals surface area contributed by atoms with Crippen molar-refractivity contribution in [2.75, 3.05) is 13.1 Å². The predicted molar refractivity (Wildman–Crippen MR) is 102 cm³/mol. The van der Waals surface area contributed by atoms with Crippen LogP contribution in [0.1, 0.15) is 82.4 Å². The number of benzene rings is 1. The Labute approximate surface area is 148 Å². The summed E-state index contributed by atoms with van der Waals surface area (Å²) in [6.45, 7) is 6.66. The van der Waals surface area contributed by atoms with Crippen LogP contribution in [-0.4, -0.2) is 29.1 Å². The number of phenols is 1. The third-order valence-corrected chi connectivity index (χ3v) is 5.56. The number of fused-ring (bicyclic) bond motifs is 1. The van der Waals surface area contributed by atoms with Gasteiger partial charge in [0, 0.05) is 12.1 Å². The molecular formula is C21H36N2O. The molecule has 1 aromatic carbocycles. The molecule has 3 heteroatoms. The molecule has 1 atom stereocenters. The minimum atomic E-state index is 0.406. The van der Waals surface area contributed by atoms with Crippen LogP contribution in [0.25, 0.3) is 0 Å². The number of hydrogen-bond acceptors (Lipinski definition) is 3. The van der Waals surface area contributed by atoms with Gasteiger partial charge in [0.1, 0.15) is 5.75 Å². The number of aryl methyl sites for hydroxylation is 1. The second-order valence-electron chi connectivity index (χ2n) is 7.26. The molecule has 0 spiro atoms. The Kier molecular flexibility index (Phi) is 8.07. The van der Waals surface area contributed by atoms with Gasteiger partial charge in [-0.05, 0) is 68.5 Å². The average Bonchev–Trinajstić information content (AvgIpc) is 2.80. The molecule has 0 aliphatic heterocycles. The lowest BCUT2D eigenvalue weighted by molar-refractivity contribution is 0.207. The van der Waals surface area contributed by atoms with E-state index < -0.39 is 0 Å². The largest absolute Gasteiger partial charge is 0.508 e. The van der Waals surface area contributed by atoms with Crippen molar-refractivity contribution in [1.29, 1.82) is 0 Å². The van der Waals surface area contributed by atoms with Crippen LogP contribution in [-0.2, 0) is 6.42 Å². The fourth-order valence-electron chi connectivity index (χ4n) is 4.12. The quantitative estimate of drug-likeness (QED) is 0.783. The predicted octanol–water partition coefficient (Wildman–Crippen LogP) is 4.78. The van der Waals surface area contributed by atoms with Gasteiger partial charge in [0.05, 0.1) is 0 Å². The number of hydrogen-bond donors (Lipinski definition) is 2. The first-order chi connectivity index (χ1) is 11.7. The van der Waals surface area contributed by atoms with E-state index in [4.69, 9.17) is 5.73 Å². The monoisotopic (exact) mass is 332 g/mol. The van der Waals surface area contributed by atoms with Crippen molar-refractivity contribution < 1.29 is 5.11 Å². The molecule has 3 nitrogen and oxygen atoms in total. The smallest absolute Gasteiger partial charge is 0.115 e. The lowest BCUT2D eigenvalue weighted by Crippen LogP contribution is -2.28. The number of nitrogens with two attached hydrogens (primary N) is 1. The summed E-state index contributed by atoms with van der Waals surface area (Å²) in [5.41, 5.74) is 8.42. The molecule has 0 aromatic heterocycles. The van der Waals surface area contributed by atoms with Crippen LogP contribution in [0.4, 0.5) is 0 Å². The van der Waals surface area contributed by atoms with E-state index in [9.17, 15) is 5.11 Å². The van der Waals surface area contributed by atoms with Crippen molar-refractivity contribution in [3.63, 3.8) is 0 Å². The highest BCUT2D eigenvalue weighted by Crippen LogP contribution is 2.34. The lowest BCUT2D eigenvalue weighted by atomic mass is 9.97. The zero-order valence-corrected chi connectivity index (χ0v) is 15.6. The van der Waals surface area contributed by atoms with Gasteiger partial charge in [0.25, 0.3) is 0 Å². The molecule has 1 aromatic rings. The Morgan fingerprint density at radius 1 is 1.00 bits per heavy atom. The maximum Gasteiger partial charge on any atom is 0.115 e. The topological polar surface area (TPSA) is 49.5 Å². The fraction of sp³-hybridized carbons (Fsp3) is 0.714. The first-order valence-corrected chi connectivity index (χ1v) is 9.97. The van der Waals surface area contributed by atoms with Crippen molar-refractivity contribution in [2.45, 2.75) is 83.7 Å². The van der Waals surface area contributed by atoms with Gasteiger partial charge >= 0.3 is 0 Å². The van der Waals surface area contributed by atoms with E-state index in [1.165, 1.54) is 62.5 Å². The van der Waals surface area contributed by atoms with Crippen LogP contribution in [0.3, 0.4) is 0 Å². The Morgan fingerprint density at radius 3 is 2.25 bits per heavy atom. The van der Waals surface area contributed by atoms with Gasteiger partial charge in [0.15, 0.2) is 0 Å². The van der Waals surface area contributed by atoms with Crippen molar-refractivity contribution in [3.8, 4) is 5.75 Å². The van der Waals surface area contributed by atoms with Crippen LogP contribution >= 0.6 is 0 Å². The Balaban J connectivity index is 0.000000249. The Bertz CT molecular complexity index is 479. The fourth-order valence-corrected chi connectivity index (χ4v) is 4.12. The Hall–Kier alpha value is -1.06. The SMILES string of the molecule is CCN(CC)C1CCCCc2cc(O)ccc21.NC1CCCCC1. The summed E-state index contributed by atoms with van der Waals surface area (Å²) >= 11 is 0. The summed E-state index contributed by atoms with van der Waals surface area (Å²) in [4.78, 5) is 2.53. The van der Waals surface area contributed by atoms with Crippen LogP contribution in [0.5, 0.6) is 5.75 Å². The normalized spacial score (nSPS) is 21.6. The maximum atomic E-state index is 9.61. The highest BCUT2D eigenvalue weighted by atomic mass is 16.3. The molecule has 0 amide bonds. The molecule has 3 N–H and O–H groups in total. The third kappa shape index (κ3) is 5.49. The van der Waals surface area contributed by atoms with Crippen molar-refractivity contribution in [3.05, 3.63) is 29.3 Å². The van der Waals surface area contributed by atoms with Gasteiger partial charge < -0.3 is 10.8 Å². The zero-order chi connectivity index (χ0) is 17.4. The maximum absolute atomic E-state index is 9.61. The summed E-state index contributed by atoms with van der Waals surface area (Å²) in [5.74, 6) is 0.406. The summed E-state index contributed by atoms with van der Waals surface area (Å²) < 4.78 is 0. The molecule has 1 saturated carbocycles. The van der Waals surface area contributed by atoms with Crippen LogP contribution in [0.2, 0.25) is 0 Å². The van der Waals surface area contributed by atoms with Crippen LogP contribution in [0, 0.1) is 0 Å². The van der Waals surface area contributed by atoms with Gasteiger partial charge in [-0.2, -0.15) is 0 Å². The van der Waals surface area contributed by atoms with E-state index in [2.05, 4.69) is 24.8 Å². The van der Waals surface area contributed by atoms with E-state index in [-0.39, 0.29) is 0 Å². The summed E-state index contributed by atoms with van der Waals surface area (Å²) in [6.07, 6.45) is 11.6. The number of aromatic hydroxyl groups is 1. The van der Waals surface area contributed by atoms with Gasteiger partial charge in [0.2, 0.25) is 0 Å². The lowest BCUT2D eigenvalue weighted by Gasteiger charge is -2.30. The summed E-state index contributed by atoms with van der Waals surface area (Å²) in [6, 6.07) is 6.99. The highest BCUT2D eigenvalue weighted by molar-refractivity contribution is 5.37. The molecule has 0 bridgehead atoms. The minimum Gasteiger partial charge on any atom is -0.508 e. The molecule has 0 radical (unpaired) electrons. The number of phenolic OH excluding ortho intramolecular Hbond substituents is 1. The van der Waals surface area contributed by atoms with E-state index in [1.807, 2.05) is 12.1 Å². The summed E-state index contributed by atoms with van der Waals surface area (Å²) in [7, 11) is 0.